The Morgan fingerprint density at radius 3 is 2.10 bits per heavy atom. The summed E-state index contributed by atoms with van der Waals surface area (Å²) in [7, 11) is 0. The van der Waals surface area contributed by atoms with Gasteiger partial charge in [0, 0.05) is 25.2 Å². The molecule has 7 rings (SSSR count). The number of ether oxygens (including phenoxy) is 8. The van der Waals surface area contributed by atoms with E-state index in [0.29, 0.717) is 0 Å². The number of carbonyl (C=O) groups is 6. The van der Waals surface area contributed by atoms with Crippen LogP contribution in [0.1, 0.15) is 90.2 Å². The molecular formula is C51H65NO21. The molecule has 2 aliphatic heterocycles. The van der Waals surface area contributed by atoms with Crippen LogP contribution in [0.15, 0.2) is 71.8 Å². The van der Waals surface area contributed by atoms with Crippen LogP contribution in [-0.2, 0) is 57.1 Å². The Labute approximate surface area is 420 Å². The number of ketones is 1. The van der Waals surface area contributed by atoms with Gasteiger partial charge in [-0.1, -0.05) is 62.4 Å². The lowest BCUT2D eigenvalue weighted by Gasteiger charge is -2.67. The van der Waals surface area contributed by atoms with E-state index in [4.69, 9.17) is 37.9 Å². The molecule has 73 heavy (non-hydrogen) atoms. The Morgan fingerprint density at radius 2 is 1.52 bits per heavy atom. The summed E-state index contributed by atoms with van der Waals surface area (Å²) in [4.78, 5) is 85.4. The smallest absolute Gasteiger partial charge is 0.408 e. The molecule has 4 fully saturated rings. The maximum Gasteiger partial charge on any atom is 0.408 e. The van der Waals surface area contributed by atoms with Gasteiger partial charge in [0.15, 0.2) is 29.9 Å². The van der Waals surface area contributed by atoms with Gasteiger partial charge in [-0.25, -0.2) is 19.2 Å². The van der Waals surface area contributed by atoms with Gasteiger partial charge in [0.2, 0.25) is 0 Å². The number of aliphatic hydroxyl groups is 7. The van der Waals surface area contributed by atoms with Crippen LogP contribution < -0.4 is 5.32 Å². The number of fused-ring (bicyclic) bond motifs is 5. The SMILES string of the molecule is CC(=O)O[C@@]12CO[C@@H]1C[C@H](O)[C@@]1(C)C(=O)[C@@H](OC(=O)CO[C@@H]3O[C@H](CO)[C@H](O)[C@H](O)[C@H]3O)C3=C(C)[C@@H](OC(=O)[C@H](O)[C@@H](NC(=O)OC(C)(C)C)c4ccccc4)C[C@@](O)([C@@H](OC(=O)c4ccccc4)C12)C3(C)C. The van der Waals surface area contributed by atoms with Crippen molar-refractivity contribution in [2.24, 2.45) is 16.7 Å². The van der Waals surface area contributed by atoms with Crippen LogP contribution in [0.4, 0.5) is 4.79 Å². The minimum Gasteiger partial charge on any atom is -0.456 e. The fraction of sp³-hybridized carbons (Fsp3) is 0.608. The Kier molecular flexibility index (Phi) is 15.7. The molecular weight excluding hydrogens is 963 g/mol. The summed E-state index contributed by atoms with van der Waals surface area (Å²) in [5.74, 6) is -7.39. The van der Waals surface area contributed by atoms with E-state index in [0.717, 1.165) is 6.92 Å². The third-order valence-electron chi connectivity index (χ3n) is 15.0. The molecule has 1 unspecified atom stereocenters. The second-order valence-electron chi connectivity index (χ2n) is 21.0. The van der Waals surface area contributed by atoms with Crippen molar-refractivity contribution in [1.29, 1.82) is 0 Å². The van der Waals surface area contributed by atoms with Crippen molar-refractivity contribution in [1.82, 2.24) is 5.32 Å². The quantitative estimate of drug-likeness (QED) is 0.0775. The molecule has 8 N–H and O–H groups in total. The zero-order valence-corrected chi connectivity index (χ0v) is 41.7. The maximum atomic E-state index is 16.0. The van der Waals surface area contributed by atoms with Crippen molar-refractivity contribution in [3.05, 3.63) is 82.9 Å². The Balaban J connectivity index is 1.38. The van der Waals surface area contributed by atoms with E-state index < -0.39 is 169 Å². The van der Waals surface area contributed by atoms with Crippen LogP contribution in [-0.4, -0.2) is 175 Å². The van der Waals surface area contributed by atoms with Gasteiger partial charge in [0.05, 0.1) is 42.3 Å². The van der Waals surface area contributed by atoms with E-state index in [-0.39, 0.29) is 28.7 Å². The fourth-order valence-corrected chi connectivity index (χ4v) is 11.2. The maximum absolute atomic E-state index is 16.0. The zero-order chi connectivity index (χ0) is 53.7. The number of aliphatic hydroxyl groups excluding tert-OH is 6. The average molecular weight is 1030 g/mol. The van der Waals surface area contributed by atoms with Gasteiger partial charge in [-0.05, 0) is 63.5 Å². The van der Waals surface area contributed by atoms with Crippen LogP contribution in [0.3, 0.4) is 0 Å². The number of benzene rings is 2. The highest BCUT2D eigenvalue weighted by Gasteiger charge is 2.78. The summed E-state index contributed by atoms with van der Waals surface area (Å²) < 4.78 is 46.8. The Bertz CT molecular complexity index is 2440. The molecule has 2 aromatic carbocycles. The van der Waals surface area contributed by atoms with Crippen LogP contribution in [0.2, 0.25) is 0 Å². The van der Waals surface area contributed by atoms with Crippen LogP contribution in [0, 0.1) is 16.7 Å². The van der Waals surface area contributed by atoms with Gasteiger partial charge in [-0.15, -0.1) is 0 Å². The summed E-state index contributed by atoms with van der Waals surface area (Å²) in [6, 6.07) is 14.0. The summed E-state index contributed by atoms with van der Waals surface area (Å²) in [6.45, 7) is 9.15. The second-order valence-corrected chi connectivity index (χ2v) is 21.0. The van der Waals surface area contributed by atoms with E-state index >= 15 is 4.79 Å². The standard InChI is InChI=1S/C51H65NO21/c1-24-28(68-44(63)36(58)34(26-15-11-9-12-16-26)52-46(64)73-47(3,4)5)20-51(65)42(71-43(62)27-17-13-10-14-18-27)40-49(8,30(55)19-31-50(40,23-67-31)72-25(2)54)41(61)39(33(24)48(51,6)7)70-32(56)22-66-45-38(60)37(59)35(57)29(21-53)69-45/h9-18,28-31,34-40,42,45,53,55,57-60,65H,19-23H2,1-8H3,(H,52,64)/t28-,29+,30-,31+,34-,35-,36+,37-,38+,39-,40?,42-,45+,49+,50-,51+/m0/s1. The fourth-order valence-electron chi connectivity index (χ4n) is 11.2. The van der Waals surface area contributed by atoms with Crippen LogP contribution >= 0.6 is 0 Å². The molecule has 0 radical (unpaired) electrons. The number of rotatable bonds is 13. The third kappa shape index (κ3) is 10.1. The lowest BCUT2D eigenvalue weighted by Crippen LogP contribution is -2.82. The van der Waals surface area contributed by atoms with Gasteiger partial charge in [0.1, 0.15) is 60.5 Å². The molecule has 16 atom stereocenters. The minimum absolute atomic E-state index is 0.00683. The lowest BCUT2D eigenvalue weighted by molar-refractivity contribution is -0.346. The molecule has 1 amide bonds. The molecule has 3 aliphatic carbocycles. The first kappa shape index (κ1) is 55.4. The molecule has 400 valence electrons. The number of Topliss-reactive ketones (excluding diaryl/α,β-unsaturated/α-hetero) is 1. The van der Waals surface area contributed by atoms with Crippen molar-refractivity contribution in [3.8, 4) is 0 Å². The van der Waals surface area contributed by atoms with Crippen molar-refractivity contribution in [3.63, 3.8) is 0 Å². The van der Waals surface area contributed by atoms with Crippen molar-refractivity contribution in [2.75, 3.05) is 19.8 Å². The predicted octanol–water partition coefficient (Wildman–Crippen LogP) is 0.627. The summed E-state index contributed by atoms with van der Waals surface area (Å²) in [5.41, 5.74) is -9.64. The monoisotopic (exact) mass is 1030 g/mol. The van der Waals surface area contributed by atoms with Crippen LogP contribution in [0.5, 0.6) is 0 Å². The number of esters is 4. The molecule has 2 aromatic rings. The molecule has 0 aromatic heterocycles. The number of nitrogens with one attached hydrogen (secondary N) is 1. The molecule has 2 bridgehead atoms. The largest absolute Gasteiger partial charge is 0.456 e. The number of carbonyl (C=O) groups excluding carboxylic acids is 6. The van der Waals surface area contributed by atoms with Gasteiger partial charge < -0.3 is 79.0 Å². The summed E-state index contributed by atoms with van der Waals surface area (Å²) >= 11 is 0. The molecule has 0 spiro atoms. The van der Waals surface area contributed by atoms with E-state index in [2.05, 4.69) is 5.32 Å². The van der Waals surface area contributed by atoms with Gasteiger partial charge in [-0.2, -0.15) is 0 Å². The highest BCUT2D eigenvalue weighted by atomic mass is 16.7. The number of hydrogen-bond donors (Lipinski definition) is 8. The highest BCUT2D eigenvalue weighted by molar-refractivity contribution is 5.96. The Morgan fingerprint density at radius 1 is 0.890 bits per heavy atom. The first-order chi connectivity index (χ1) is 34.1. The van der Waals surface area contributed by atoms with E-state index in [1.807, 2.05) is 0 Å². The molecule has 2 saturated heterocycles. The first-order valence-electron chi connectivity index (χ1n) is 23.9. The van der Waals surface area contributed by atoms with E-state index in [1.54, 1.807) is 57.2 Å². The molecule has 5 aliphatic rings. The van der Waals surface area contributed by atoms with Crippen molar-refractivity contribution < 1.29 is 102 Å². The summed E-state index contributed by atoms with van der Waals surface area (Å²) in [5, 5.41) is 81.6. The number of amides is 1. The second kappa shape index (κ2) is 20.7. The molecule has 22 heteroatoms. The zero-order valence-electron chi connectivity index (χ0n) is 41.7. The van der Waals surface area contributed by atoms with Gasteiger partial charge in [0.25, 0.3) is 0 Å². The minimum atomic E-state index is -2.58. The van der Waals surface area contributed by atoms with Gasteiger partial charge in [-0.3, -0.25) is 9.59 Å². The summed E-state index contributed by atoms with van der Waals surface area (Å²) in [6.07, 6.45) is -21.8. The topological polar surface area (TPSA) is 330 Å². The van der Waals surface area contributed by atoms with Gasteiger partial charge >= 0.3 is 30.0 Å². The van der Waals surface area contributed by atoms with E-state index in [9.17, 15) is 59.7 Å². The Hall–Kier alpha value is -5.40. The number of alkyl carbamates (subject to hydrolysis) is 1. The average Bonchev–Trinajstić information content (AvgIpc) is 3.32. The highest BCUT2D eigenvalue weighted by Crippen LogP contribution is 2.64. The van der Waals surface area contributed by atoms with Crippen molar-refractivity contribution >= 4 is 35.8 Å². The normalized spacial score (nSPS) is 35.5. The first-order valence-corrected chi connectivity index (χ1v) is 23.9. The molecule has 22 nitrogen and oxygen atoms in total. The molecule has 2 heterocycles. The van der Waals surface area contributed by atoms with Crippen molar-refractivity contribution in [2.45, 2.75) is 158 Å². The lowest BCUT2D eigenvalue weighted by atomic mass is 9.44. The third-order valence-corrected chi connectivity index (χ3v) is 15.0. The van der Waals surface area contributed by atoms with Crippen LogP contribution in [0.25, 0.3) is 0 Å². The predicted molar refractivity (Wildman–Crippen MR) is 247 cm³/mol. The number of hydrogen-bond acceptors (Lipinski definition) is 21. The van der Waals surface area contributed by atoms with E-state index in [1.165, 1.54) is 52.0 Å². The molecule has 2 saturated carbocycles.